The fourth-order valence-electron chi connectivity index (χ4n) is 6.54. The summed E-state index contributed by atoms with van der Waals surface area (Å²) in [5.41, 5.74) is 2.63. The van der Waals surface area contributed by atoms with Crippen LogP contribution >= 0.6 is 0 Å². The molecule has 4 amide bonds. The van der Waals surface area contributed by atoms with Gasteiger partial charge in [-0.1, -0.05) is 75.4 Å². The number of urea groups is 1. The zero-order chi connectivity index (χ0) is 29.3. The minimum Gasteiger partial charge on any atom is -0.330 e. The van der Waals surface area contributed by atoms with Crippen molar-refractivity contribution in [3.8, 4) is 6.07 Å². The number of nitrogens with zero attached hydrogens (tertiary/aromatic N) is 7. The smallest absolute Gasteiger partial charge is 0.330 e. The number of nitriles is 1. The van der Waals surface area contributed by atoms with Gasteiger partial charge < -0.3 is 9.80 Å². The Balaban J connectivity index is 1.22. The minimum absolute atomic E-state index is 0.190. The van der Waals surface area contributed by atoms with Gasteiger partial charge in [-0.15, -0.1) is 0 Å². The van der Waals surface area contributed by atoms with Crippen LogP contribution in [0.15, 0.2) is 66.9 Å². The second kappa shape index (κ2) is 9.24. The van der Waals surface area contributed by atoms with E-state index in [1.807, 2.05) is 36.4 Å². The van der Waals surface area contributed by atoms with Crippen LogP contribution in [0.4, 0.5) is 10.5 Å². The standard InChI is InChI=1S/C32H29N7O3/c1-32(2,3)27-14-25(37(35-27)17-19-9-5-4-6-10-19)29(40)36-18-20-13-24(36)28-30(41)39(31(42)38(20)28)26-16-34-23(15-33)21-11-7-8-12-22(21)26/h4-12,14,16,20,24,28H,13,17-18H2,1-3H3/t20-,24-,28-/m0/s1. The average molecular weight is 560 g/mol. The molecule has 0 spiro atoms. The number of hydrogen-bond donors (Lipinski definition) is 0. The Morgan fingerprint density at radius 3 is 2.48 bits per heavy atom. The third-order valence-corrected chi connectivity index (χ3v) is 8.59. The molecule has 10 nitrogen and oxygen atoms in total. The van der Waals surface area contributed by atoms with Gasteiger partial charge in [0.15, 0.2) is 0 Å². The van der Waals surface area contributed by atoms with Gasteiger partial charge in [-0.25, -0.2) is 14.7 Å². The number of anilines is 1. The lowest BCUT2D eigenvalue weighted by Crippen LogP contribution is -2.55. The van der Waals surface area contributed by atoms with E-state index in [0.717, 1.165) is 11.3 Å². The Bertz CT molecular complexity index is 1820. The normalized spacial score (nSPS) is 21.4. The summed E-state index contributed by atoms with van der Waals surface area (Å²) in [6, 6.07) is 19.0. The van der Waals surface area contributed by atoms with E-state index in [1.54, 1.807) is 38.7 Å². The number of carbonyl (C=O) groups excluding carboxylic acids is 3. The lowest BCUT2D eigenvalue weighted by Gasteiger charge is -2.34. The van der Waals surface area contributed by atoms with E-state index >= 15 is 0 Å². The Morgan fingerprint density at radius 1 is 1.05 bits per heavy atom. The Morgan fingerprint density at radius 2 is 1.76 bits per heavy atom. The van der Waals surface area contributed by atoms with Gasteiger partial charge in [0.25, 0.3) is 11.8 Å². The summed E-state index contributed by atoms with van der Waals surface area (Å²) < 4.78 is 1.75. The number of likely N-dealkylation sites (tertiary alicyclic amines) is 1. The maximum atomic E-state index is 14.2. The molecule has 0 unspecified atom stereocenters. The molecular formula is C32H29N7O3. The lowest BCUT2D eigenvalue weighted by atomic mass is 9.92. The molecule has 210 valence electrons. The van der Waals surface area contributed by atoms with Gasteiger partial charge in [-0.3, -0.25) is 14.3 Å². The molecule has 2 bridgehead atoms. The van der Waals surface area contributed by atoms with Gasteiger partial charge >= 0.3 is 6.03 Å². The third-order valence-electron chi connectivity index (χ3n) is 8.59. The molecule has 0 aliphatic carbocycles. The zero-order valence-electron chi connectivity index (χ0n) is 23.6. The van der Waals surface area contributed by atoms with Crippen LogP contribution in [0.1, 0.15) is 54.6 Å². The molecule has 0 saturated carbocycles. The molecule has 3 fully saturated rings. The summed E-state index contributed by atoms with van der Waals surface area (Å²) >= 11 is 0. The molecule has 3 aliphatic heterocycles. The molecule has 3 aliphatic rings. The van der Waals surface area contributed by atoms with E-state index in [4.69, 9.17) is 5.10 Å². The van der Waals surface area contributed by atoms with Gasteiger partial charge in [-0.2, -0.15) is 10.4 Å². The SMILES string of the molecule is CC(C)(C)c1cc(C(=O)N2C[C@@H]3C[C@H]2[C@H]2C(=O)N(c4cnc(C#N)c5ccccc45)C(=O)N32)n(Cc2ccccc2)n1. The van der Waals surface area contributed by atoms with Crippen molar-refractivity contribution in [2.75, 3.05) is 11.4 Å². The van der Waals surface area contributed by atoms with Crippen LogP contribution in [0.5, 0.6) is 0 Å². The van der Waals surface area contributed by atoms with Crippen molar-refractivity contribution >= 4 is 34.3 Å². The highest BCUT2D eigenvalue weighted by molar-refractivity contribution is 6.25. The number of carbonyl (C=O) groups is 3. The van der Waals surface area contributed by atoms with Crippen molar-refractivity contribution in [3.05, 3.63) is 89.5 Å². The van der Waals surface area contributed by atoms with Gasteiger partial charge in [0, 0.05) is 22.7 Å². The number of hydrogen-bond acceptors (Lipinski definition) is 6. The van der Waals surface area contributed by atoms with E-state index < -0.39 is 18.1 Å². The summed E-state index contributed by atoms with van der Waals surface area (Å²) in [5, 5.41) is 15.5. The molecule has 2 aromatic heterocycles. The zero-order valence-corrected chi connectivity index (χ0v) is 23.6. The molecule has 10 heteroatoms. The van der Waals surface area contributed by atoms with Crippen molar-refractivity contribution < 1.29 is 14.4 Å². The average Bonchev–Trinajstić information content (AvgIpc) is 3.75. The summed E-state index contributed by atoms with van der Waals surface area (Å²) in [7, 11) is 0. The molecule has 42 heavy (non-hydrogen) atoms. The van der Waals surface area contributed by atoms with Crippen molar-refractivity contribution in [3.63, 3.8) is 0 Å². The molecule has 2 aromatic carbocycles. The molecule has 7 rings (SSSR count). The highest BCUT2D eigenvalue weighted by Crippen LogP contribution is 2.44. The van der Waals surface area contributed by atoms with Crippen molar-refractivity contribution in [2.45, 2.75) is 57.3 Å². The minimum atomic E-state index is -0.776. The Labute approximate surface area is 242 Å². The van der Waals surface area contributed by atoms with E-state index in [-0.39, 0.29) is 29.0 Å². The first-order valence-electron chi connectivity index (χ1n) is 14.0. The monoisotopic (exact) mass is 559 g/mol. The van der Waals surface area contributed by atoms with Crippen LogP contribution in [-0.4, -0.2) is 67.1 Å². The predicted octanol–water partition coefficient (Wildman–Crippen LogP) is 4.08. The van der Waals surface area contributed by atoms with E-state index in [9.17, 15) is 19.6 Å². The Kier molecular flexibility index (Phi) is 5.70. The van der Waals surface area contributed by atoms with Crippen LogP contribution in [0.2, 0.25) is 0 Å². The van der Waals surface area contributed by atoms with Crippen molar-refractivity contribution in [1.82, 2.24) is 24.6 Å². The highest BCUT2D eigenvalue weighted by atomic mass is 16.2. The topological polar surface area (TPSA) is 115 Å². The fraction of sp³-hybridized carbons (Fsp3) is 0.312. The van der Waals surface area contributed by atoms with Crippen LogP contribution in [0.25, 0.3) is 10.8 Å². The molecule has 3 atom stereocenters. The maximum Gasteiger partial charge on any atom is 0.332 e. The second-order valence-electron chi connectivity index (χ2n) is 12.2. The van der Waals surface area contributed by atoms with E-state index in [1.165, 1.54) is 11.1 Å². The van der Waals surface area contributed by atoms with Crippen LogP contribution in [-0.2, 0) is 16.8 Å². The summed E-state index contributed by atoms with van der Waals surface area (Å²) in [6.07, 6.45) is 1.97. The van der Waals surface area contributed by atoms with Crippen LogP contribution < -0.4 is 4.90 Å². The molecule has 0 N–H and O–H groups in total. The number of fused-ring (bicyclic) bond motifs is 6. The van der Waals surface area contributed by atoms with E-state index in [2.05, 4.69) is 31.8 Å². The largest absolute Gasteiger partial charge is 0.332 e. The summed E-state index contributed by atoms with van der Waals surface area (Å²) in [6.45, 7) is 6.97. The summed E-state index contributed by atoms with van der Waals surface area (Å²) in [4.78, 5) is 50.6. The van der Waals surface area contributed by atoms with Crippen LogP contribution in [0.3, 0.4) is 0 Å². The maximum absolute atomic E-state index is 14.2. The third kappa shape index (κ3) is 3.80. The fourth-order valence-corrected chi connectivity index (χ4v) is 6.54. The van der Waals surface area contributed by atoms with Gasteiger partial charge in [0.05, 0.1) is 36.2 Å². The molecule has 0 radical (unpaired) electrons. The quantitative estimate of drug-likeness (QED) is 0.348. The first-order chi connectivity index (χ1) is 20.2. The number of rotatable bonds is 4. The predicted molar refractivity (Wildman–Crippen MR) is 155 cm³/mol. The number of benzene rings is 2. The number of pyridine rings is 1. The van der Waals surface area contributed by atoms with E-state index in [0.29, 0.717) is 41.7 Å². The molecule has 3 saturated heterocycles. The highest BCUT2D eigenvalue weighted by Gasteiger charge is 2.63. The number of aromatic nitrogens is 3. The number of piperazine rings is 1. The summed E-state index contributed by atoms with van der Waals surface area (Å²) in [5.74, 6) is -0.569. The number of imide groups is 1. The Hall–Kier alpha value is -5.04. The number of amides is 4. The van der Waals surface area contributed by atoms with Crippen molar-refractivity contribution in [2.24, 2.45) is 0 Å². The van der Waals surface area contributed by atoms with Crippen molar-refractivity contribution in [1.29, 1.82) is 5.26 Å². The molecule has 5 heterocycles. The van der Waals surface area contributed by atoms with Gasteiger partial charge in [0.1, 0.15) is 23.5 Å². The second-order valence-corrected chi connectivity index (χ2v) is 12.2. The van der Waals surface area contributed by atoms with Gasteiger partial charge in [-0.05, 0) is 18.1 Å². The molecular weight excluding hydrogens is 530 g/mol. The van der Waals surface area contributed by atoms with Gasteiger partial charge in [0.2, 0.25) is 0 Å². The first kappa shape index (κ1) is 25.9. The molecule has 4 aromatic rings. The lowest BCUT2D eigenvalue weighted by molar-refractivity contribution is -0.121. The first-order valence-corrected chi connectivity index (χ1v) is 14.0. The van der Waals surface area contributed by atoms with Crippen LogP contribution in [0, 0.1) is 11.3 Å².